The molecule has 0 radical (unpaired) electrons. The number of hydrogen-bond donors (Lipinski definition) is 2. The third kappa shape index (κ3) is 3.63. The van der Waals surface area contributed by atoms with Crippen LogP contribution >= 0.6 is 0 Å². The fraction of sp³-hybridized carbons (Fsp3) is 0.769. The third-order valence-electron chi connectivity index (χ3n) is 3.83. The quantitative estimate of drug-likeness (QED) is 0.785. The molecule has 1 atom stereocenters. The zero-order chi connectivity index (χ0) is 15.6. The molecule has 0 saturated carbocycles. The number of nitrogens with one attached hydrogen (secondary N) is 2. The van der Waals surface area contributed by atoms with Crippen LogP contribution in [0.1, 0.15) is 25.8 Å². The number of sulfonamides is 1. The molecule has 120 valence electrons. The van der Waals surface area contributed by atoms with Gasteiger partial charge in [-0.2, -0.15) is 9.40 Å². The van der Waals surface area contributed by atoms with Crippen LogP contribution in [0.3, 0.4) is 0 Å². The van der Waals surface area contributed by atoms with Crippen LogP contribution < -0.4 is 5.32 Å². The molecule has 7 nitrogen and oxygen atoms in total. The predicted octanol–water partition coefficient (Wildman–Crippen LogP) is 0.232. The van der Waals surface area contributed by atoms with E-state index in [1.165, 1.54) is 0 Å². The highest BCUT2D eigenvalue weighted by molar-refractivity contribution is 7.89. The van der Waals surface area contributed by atoms with E-state index < -0.39 is 10.0 Å². The van der Waals surface area contributed by atoms with E-state index in [1.54, 1.807) is 10.5 Å². The van der Waals surface area contributed by atoms with Crippen molar-refractivity contribution in [2.45, 2.75) is 43.9 Å². The van der Waals surface area contributed by atoms with E-state index in [0.717, 1.165) is 6.42 Å². The zero-order valence-electron chi connectivity index (χ0n) is 13.1. The van der Waals surface area contributed by atoms with Crippen molar-refractivity contribution in [1.82, 2.24) is 24.7 Å². The van der Waals surface area contributed by atoms with Gasteiger partial charge >= 0.3 is 0 Å². The van der Waals surface area contributed by atoms with E-state index >= 15 is 0 Å². The van der Waals surface area contributed by atoms with Crippen molar-refractivity contribution in [3.63, 3.8) is 0 Å². The van der Waals surface area contributed by atoms with Gasteiger partial charge in [0.25, 0.3) is 10.0 Å². The standard InChI is InChI=1S/C13H25N5O2S/c1-10(2)14-7-11-8-15-16-13(11)21(19,20)18-6-5-12(9-18)17(3)4/h8,10,12,14H,5-7,9H2,1-4H3,(H,15,16). The lowest BCUT2D eigenvalue weighted by Crippen LogP contribution is -2.35. The minimum absolute atomic E-state index is 0.218. The monoisotopic (exact) mass is 315 g/mol. The largest absolute Gasteiger partial charge is 0.310 e. The van der Waals surface area contributed by atoms with Crippen LogP contribution in [-0.2, 0) is 16.6 Å². The summed E-state index contributed by atoms with van der Waals surface area (Å²) in [5.41, 5.74) is 0.692. The summed E-state index contributed by atoms with van der Waals surface area (Å²) in [7, 11) is 0.470. The second-order valence-corrected chi connectivity index (χ2v) is 7.90. The molecule has 1 unspecified atom stereocenters. The van der Waals surface area contributed by atoms with Crippen LogP contribution in [0.4, 0.5) is 0 Å². The highest BCUT2D eigenvalue weighted by atomic mass is 32.2. The van der Waals surface area contributed by atoms with Crippen LogP contribution in [0.2, 0.25) is 0 Å². The number of aromatic amines is 1. The lowest BCUT2D eigenvalue weighted by Gasteiger charge is -2.20. The Bertz CT molecular complexity index is 567. The summed E-state index contributed by atoms with van der Waals surface area (Å²) in [5.74, 6) is 0. The summed E-state index contributed by atoms with van der Waals surface area (Å²) in [5, 5.41) is 10.0. The average molecular weight is 315 g/mol. The van der Waals surface area contributed by atoms with Gasteiger partial charge in [0.15, 0.2) is 5.03 Å². The Morgan fingerprint density at radius 1 is 1.52 bits per heavy atom. The molecule has 21 heavy (non-hydrogen) atoms. The SMILES string of the molecule is CC(C)NCc1cn[nH]c1S(=O)(=O)N1CCC(N(C)C)C1. The molecule has 2 heterocycles. The number of aromatic nitrogens is 2. The molecule has 0 spiro atoms. The highest BCUT2D eigenvalue weighted by Gasteiger charge is 2.35. The minimum Gasteiger partial charge on any atom is -0.310 e. The number of hydrogen-bond acceptors (Lipinski definition) is 5. The van der Waals surface area contributed by atoms with E-state index in [2.05, 4.69) is 20.4 Å². The molecule has 1 aromatic rings. The van der Waals surface area contributed by atoms with Gasteiger partial charge in [-0.1, -0.05) is 13.8 Å². The van der Waals surface area contributed by atoms with Crippen LogP contribution in [0.15, 0.2) is 11.2 Å². The van der Waals surface area contributed by atoms with E-state index in [9.17, 15) is 8.42 Å². The molecule has 8 heteroatoms. The normalized spacial score (nSPS) is 20.8. The molecule has 1 fully saturated rings. The van der Waals surface area contributed by atoms with Crippen molar-refractivity contribution < 1.29 is 8.42 Å². The Balaban J connectivity index is 2.15. The topological polar surface area (TPSA) is 81.3 Å². The summed E-state index contributed by atoms with van der Waals surface area (Å²) in [4.78, 5) is 2.07. The molecular weight excluding hydrogens is 290 g/mol. The summed E-state index contributed by atoms with van der Waals surface area (Å²) in [6.07, 6.45) is 2.45. The van der Waals surface area contributed by atoms with Crippen LogP contribution in [0.5, 0.6) is 0 Å². The maximum absolute atomic E-state index is 12.7. The second-order valence-electron chi connectivity index (χ2n) is 6.03. The molecule has 0 bridgehead atoms. The molecule has 1 aromatic heterocycles. The smallest absolute Gasteiger partial charge is 0.260 e. The van der Waals surface area contributed by atoms with Crippen molar-refractivity contribution in [2.24, 2.45) is 0 Å². The maximum atomic E-state index is 12.7. The highest BCUT2D eigenvalue weighted by Crippen LogP contribution is 2.23. The van der Waals surface area contributed by atoms with Crippen molar-refractivity contribution in [1.29, 1.82) is 0 Å². The molecule has 0 aliphatic carbocycles. The average Bonchev–Trinajstić information content (AvgIpc) is 3.05. The first-order chi connectivity index (χ1) is 9.82. The molecule has 1 aliphatic rings. The lowest BCUT2D eigenvalue weighted by molar-refractivity contribution is 0.302. The summed E-state index contributed by atoms with van der Waals surface area (Å²) in [6, 6.07) is 0.570. The Kier molecular flexibility index (Phi) is 5.03. The lowest BCUT2D eigenvalue weighted by atomic mass is 10.2. The van der Waals surface area contributed by atoms with Gasteiger partial charge in [-0.05, 0) is 20.5 Å². The fourth-order valence-corrected chi connectivity index (χ4v) is 4.04. The van der Waals surface area contributed by atoms with Crippen molar-refractivity contribution in [2.75, 3.05) is 27.2 Å². The minimum atomic E-state index is -3.49. The van der Waals surface area contributed by atoms with Gasteiger partial charge in [0.1, 0.15) is 0 Å². The number of nitrogens with zero attached hydrogens (tertiary/aromatic N) is 3. The summed E-state index contributed by atoms with van der Waals surface area (Å²) in [6.45, 7) is 5.63. The summed E-state index contributed by atoms with van der Waals surface area (Å²) < 4.78 is 27.0. The first-order valence-corrected chi connectivity index (χ1v) is 8.68. The molecule has 1 aliphatic heterocycles. The van der Waals surface area contributed by atoms with Crippen molar-refractivity contribution in [3.05, 3.63) is 11.8 Å². The fourth-order valence-electron chi connectivity index (χ4n) is 2.44. The Morgan fingerprint density at radius 2 is 2.24 bits per heavy atom. The molecular formula is C13H25N5O2S. The van der Waals surface area contributed by atoms with Gasteiger partial charge in [-0.25, -0.2) is 8.42 Å². The van der Waals surface area contributed by atoms with Crippen molar-refractivity contribution >= 4 is 10.0 Å². The van der Waals surface area contributed by atoms with Crippen LogP contribution in [0, 0.1) is 0 Å². The van der Waals surface area contributed by atoms with Gasteiger partial charge in [0, 0.05) is 37.3 Å². The van der Waals surface area contributed by atoms with Gasteiger partial charge in [0.2, 0.25) is 0 Å². The number of H-pyrrole nitrogens is 1. The van der Waals surface area contributed by atoms with Crippen LogP contribution in [-0.4, -0.2) is 67.1 Å². The zero-order valence-corrected chi connectivity index (χ0v) is 13.9. The first kappa shape index (κ1) is 16.4. The van der Waals surface area contributed by atoms with E-state index in [-0.39, 0.29) is 11.1 Å². The summed E-state index contributed by atoms with van der Waals surface area (Å²) >= 11 is 0. The van der Waals surface area contributed by atoms with Gasteiger partial charge in [-0.15, -0.1) is 0 Å². The first-order valence-electron chi connectivity index (χ1n) is 7.24. The molecule has 1 saturated heterocycles. The second kappa shape index (κ2) is 6.43. The van der Waals surface area contributed by atoms with Gasteiger partial charge in [-0.3, -0.25) is 5.10 Å². The van der Waals surface area contributed by atoms with E-state index in [4.69, 9.17) is 0 Å². The Labute approximate surface area is 126 Å². The number of likely N-dealkylation sites (N-methyl/N-ethyl adjacent to an activating group) is 1. The van der Waals surface area contributed by atoms with Gasteiger partial charge < -0.3 is 10.2 Å². The third-order valence-corrected chi connectivity index (χ3v) is 5.71. The molecule has 0 aromatic carbocycles. The number of rotatable bonds is 6. The predicted molar refractivity (Wildman–Crippen MR) is 81.4 cm³/mol. The van der Waals surface area contributed by atoms with E-state index in [1.807, 2.05) is 27.9 Å². The van der Waals surface area contributed by atoms with E-state index in [0.29, 0.717) is 31.2 Å². The molecule has 0 amide bonds. The molecule has 2 N–H and O–H groups in total. The van der Waals surface area contributed by atoms with Gasteiger partial charge in [0.05, 0.1) is 6.20 Å². The van der Waals surface area contributed by atoms with Crippen molar-refractivity contribution in [3.8, 4) is 0 Å². The van der Waals surface area contributed by atoms with Crippen LogP contribution in [0.25, 0.3) is 0 Å². The molecule has 2 rings (SSSR count). The Hall–Kier alpha value is -0.960. The Morgan fingerprint density at radius 3 is 2.81 bits per heavy atom. The maximum Gasteiger partial charge on any atom is 0.260 e.